The van der Waals surface area contributed by atoms with Gasteiger partial charge in [0.1, 0.15) is 11.9 Å². The second-order valence-electron chi connectivity index (χ2n) is 6.92. The summed E-state index contributed by atoms with van der Waals surface area (Å²) in [5, 5.41) is 12.6. The number of nitrogens with one attached hydrogen (secondary N) is 1. The number of ketones is 1. The van der Waals surface area contributed by atoms with Crippen molar-refractivity contribution < 1.29 is 4.79 Å². The Morgan fingerprint density at radius 1 is 1.32 bits per heavy atom. The van der Waals surface area contributed by atoms with E-state index in [1.807, 2.05) is 0 Å². The average Bonchev–Trinajstić information content (AvgIpc) is 2.45. The molecule has 4 heteroatoms. The lowest BCUT2D eigenvalue weighted by Crippen LogP contribution is -2.28. The number of carbonyl (C=O) groups excluding carboxylic acids is 1. The summed E-state index contributed by atoms with van der Waals surface area (Å²) in [6, 6.07) is 3.88. The summed E-state index contributed by atoms with van der Waals surface area (Å²) < 4.78 is 0. The first kappa shape index (κ1) is 16.5. The molecule has 22 heavy (non-hydrogen) atoms. The highest BCUT2D eigenvalue weighted by atomic mass is 16.1. The third kappa shape index (κ3) is 3.85. The standard InChI is InChI=1S/C18H25N3O/c1-4-5-6-7-8-20-17-13(12-19)9-14-15(21-17)10-18(2,3)11-16(14)22/h9H,4-8,10-11H2,1-3H3,(H,20,21). The zero-order valence-corrected chi connectivity index (χ0v) is 13.8. The van der Waals surface area contributed by atoms with Crippen LogP contribution >= 0.6 is 0 Å². The Balaban J connectivity index is 2.17. The zero-order chi connectivity index (χ0) is 16.2. The van der Waals surface area contributed by atoms with Gasteiger partial charge in [0.05, 0.1) is 11.3 Å². The molecule has 0 atom stereocenters. The van der Waals surface area contributed by atoms with Crippen molar-refractivity contribution in [3.8, 4) is 6.07 Å². The molecular weight excluding hydrogens is 274 g/mol. The van der Waals surface area contributed by atoms with Crippen molar-refractivity contribution in [3.63, 3.8) is 0 Å². The maximum atomic E-state index is 12.2. The topological polar surface area (TPSA) is 65.8 Å². The Labute approximate surface area is 132 Å². The van der Waals surface area contributed by atoms with E-state index in [0.29, 0.717) is 23.4 Å². The first-order chi connectivity index (χ1) is 10.5. The van der Waals surface area contributed by atoms with Crippen molar-refractivity contribution in [2.75, 3.05) is 11.9 Å². The van der Waals surface area contributed by atoms with E-state index in [9.17, 15) is 10.1 Å². The van der Waals surface area contributed by atoms with Crippen LogP contribution in [0.2, 0.25) is 0 Å². The van der Waals surface area contributed by atoms with Crippen molar-refractivity contribution in [1.29, 1.82) is 5.26 Å². The second-order valence-corrected chi connectivity index (χ2v) is 6.92. The van der Waals surface area contributed by atoms with Crippen LogP contribution in [0.15, 0.2) is 6.07 Å². The molecule has 118 valence electrons. The number of unbranched alkanes of at least 4 members (excludes halogenated alkanes) is 3. The highest BCUT2D eigenvalue weighted by Crippen LogP contribution is 2.35. The highest BCUT2D eigenvalue weighted by Gasteiger charge is 2.32. The van der Waals surface area contributed by atoms with Crippen LogP contribution in [0.3, 0.4) is 0 Å². The molecule has 4 nitrogen and oxygen atoms in total. The predicted octanol–water partition coefficient (Wildman–Crippen LogP) is 4.10. The van der Waals surface area contributed by atoms with Crippen LogP contribution in [-0.4, -0.2) is 17.3 Å². The fourth-order valence-corrected chi connectivity index (χ4v) is 2.95. The van der Waals surface area contributed by atoms with E-state index in [2.05, 4.69) is 37.1 Å². The fraction of sp³-hybridized carbons (Fsp3) is 0.611. The number of pyridine rings is 1. The molecule has 1 heterocycles. The zero-order valence-electron chi connectivity index (χ0n) is 13.8. The quantitative estimate of drug-likeness (QED) is 0.803. The molecule has 0 amide bonds. The largest absolute Gasteiger partial charge is 0.369 e. The van der Waals surface area contributed by atoms with Gasteiger partial charge < -0.3 is 5.32 Å². The van der Waals surface area contributed by atoms with Gasteiger partial charge in [0.2, 0.25) is 0 Å². The number of nitrogens with zero attached hydrogens (tertiary/aromatic N) is 2. The van der Waals surface area contributed by atoms with Crippen LogP contribution in [0.1, 0.15) is 74.5 Å². The summed E-state index contributed by atoms with van der Waals surface area (Å²) in [4.78, 5) is 16.8. The summed E-state index contributed by atoms with van der Waals surface area (Å²) in [6.45, 7) is 7.18. The summed E-state index contributed by atoms with van der Waals surface area (Å²) in [5.74, 6) is 0.730. The summed E-state index contributed by atoms with van der Waals surface area (Å²) >= 11 is 0. The van der Waals surface area contributed by atoms with Gasteiger partial charge in [-0.15, -0.1) is 0 Å². The molecule has 0 bridgehead atoms. The van der Waals surface area contributed by atoms with Crippen LogP contribution < -0.4 is 5.32 Å². The van der Waals surface area contributed by atoms with Crippen LogP contribution in [0.25, 0.3) is 0 Å². The SMILES string of the molecule is CCCCCCNc1nc2c(cc1C#N)C(=O)CC(C)(C)C2. The highest BCUT2D eigenvalue weighted by molar-refractivity contribution is 5.99. The number of hydrogen-bond donors (Lipinski definition) is 1. The number of rotatable bonds is 6. The minimum absolute atomic E-state index is 0.0519. The van der Waals surface area contributed by atoms with E-state index in [4.69, 9.17) is 0 Å². The smallest absolute Gasteiger partial charge is 0.165 e. The summed E-state index contributed by atoms with van der Waals surface area (Å²) in [7, 11) is 0. The number of carbonyl (C=O) groups is 1. The number of aromatic nitrogens is 1. The Morgan fingerprint density at radius 2 is 2.09 bits per heavy atom. The maximum absolute atomic E-state index is 12.2. The van der Waals surface area contributed by atoms with Crippen LogP contribution in [0, 0.1) is 16.7 Å². The van der Waals surface area contributed by atoms with Gasteiger partial charge in [-0.05, 0) is 24.3 Å². The Kier molecular flexibility index (Phi) is 5.18. The van der Waals surface area contributed by atoms with Crippen molar-refractivity contribution >= 4 is 11.6 Å². The van der Waals surface area contributed by atoms with E-state index in [1.54, 1.807) is 6.07 Å². The van der Waals surface area contributed by atoms with E-state index in [1.165, 1.54) is 19.3 Å². The van der Waals surface area contributed by atoms with E-state index in [0.717, 1.165) is 25.1 Å². The van der Waals surface area contributed by atoms with Crippen molar-refractivity contribution in [2.45, 2.75) is 59.3 Å². The lowest BCUT2D eigenvalue weighted by atomic mass is 9.75. The van der Waals surface area contributed by atoms with Gasteiger partial charge in [0.15, 0.2) is 5.78 Å². The fourth-order valence-electron chi connectivity index (χ4n) is 2.95. The molecule has 0 saturated carbocycles. The van der Waals surface area contributed by atoms with Gasteiger partial charge in [-0.3, -0.25) is 4.79 Å². The summed E-state index contributed by atoms with van der Waals surface area (Å²) in [5.41, 5.74) is 1.88. The van der Waals surface area contributed by atoms with Crippen LogP contribution in [-0.2, 0) is 6.42 Å². The molecule has 1 aliphatic rings. The Bertz CT molecular complexity index is 599. The second kappa shape index (κ2) is 6.91. The Morgan fingerprint density at radius 3 is 2.77 bits per heavy atom. The van der Waals surface area contributed by atoms with E-state index < -0.39 is 0 Å². The van der Waals surface area contributed by atoms with Crippen LogP contribution in [0.4, 0.5) is 5.82 Å². The Hall–Kier alpha value is -1.89. The third-order valence-electron chi connectivity index (χ3n) is 4.13. The molecule has 0 radical (unpaired) electrons. The third-order valence-corrected chi connectivity index (χ3v) is 4.13. The van der Waals surface area contributed by atoms with Gasteiger partial charge in [-0.25, -0.2) is 4.98 Å². The molecule has 1 aromatic heterocycles. The minimum Gasteiger partial charge on any atom is -0.369 e. The lowest BCUT2D eigenvalue weighted by molar-refractivity contribution is 0.0910. The molecule has 0 aromatic carbocycles. The number of nitriles is 1. The predicted molar refractivity (Wildman–Crippen MR) is 88.0 cm³/mol. The van der Waals surface area contributed by atoms with Crippen LogP contribution in [0.5, 0.6) is 0 Å². The van der Waals surface area contributed by atoms with Gasteiger partial charge in [-0.1, -0.05) is 40.0 Å². The molecule has 1 aromatic rings. The molecule has 1 aliphatic carbocycles. The minimum atomic E-state index is -0.0519. The molecule has 0 saturated heterocycles. The van der Waals surface area contributed by atoms with Crippen molar-refractivity contribution in [1.82, 2.24) is 4.98 Å². The normalized spacial score (nSPS) is 16.0. The van der Waals surface area contributed by atoms with Gasteiger partial charge in [-0.2, -0.15) is 5.26 Å². The van der Waals surface area contributed by atoms with Gasteiger partial charge in [0, 0.05) is 18.5 Å². The summed E-state index contributed by atoms with van der Waals surface area (Å²) in [6.07, 6.45) is 6.00. The number of anilines is 1. The van der Waals surface area contributed by atoms with Gasteiger partial charge >= 0.3 is 0 Å². The van der Waals surface area contributed by atoms with Crippen molar-refractivity contribution in [3.05, 3.63) is 22.9 Å². The molecular formula is C18H25N3O. The molecule has 0 aliphatic heterocycles. The molecule has 1 N–H and O–H groups in total. The lowest BCUT2D eigenvalue weighted by Gasteiger charge is -2.29. The van der Waals surface area contributed by atoms with Crippen molar-refractivity contribution in [2.24, 2.45) is 5.41 Å². The molecule has 2 rings (SSSR count). The first-order valence-electron chi connectivity index (χ1n) is 8.18. The van der Waals surface area contributed by atoms with Gasteiger partial charge in [0.25, 0.3) is 0 Å². The molecule has 0 spiro atoms. The number of hydrogen-bond acceptors (Lipinski definition) is 4. The average molecular weight is 299 g/mol. The van der Waals surface area contributed by atoms with E-state index >= 15 is 0 Å². The number of fused-ring (bicyclic) bond motifs is 1. The monoisotopic (exact) mass is 299 g/mol. The maximum Gasteiger partial charge on any atom is 0.165 e. The van der Waals surface area contributed by atoms with E-state index in [-0.39, 0.29) is 11.2 Å². The first-order valence-corrected chi connectivity index (χ1v) is 8.18. The number of Topliss-reactive ketones (excluding diaryl/α,β-unsaturated/α-hetero) is 1. The molecule has 0 unspecified atom stereocenters. The molecule has 0 fully saturated rings.